The van der Waals surface area contributed by atoms with Crippen molar-refractivity contribution in [3.05, 3.63) is 29.8 Å². The van der Waals surface area contributed by atoms with Gasteiger partial charge in [0.05, 0.1) is 6.54 Å². The predicted molar refractivity (Wildman–Crippen MR) is 68.8 cm³/mol. The lowest BCUT2D eigenvalue weighted by Gasteiger charge is -2.29. The molecule has 0 aromatic heterocycles. The molecule has 0 saturated heterocycles. The first-order valence-electron chi connectivity index (χ1n) is 5.95. The van der Waals surface area contributed by atoms with Gasteiger partial charge in [-0.3, -0.25) is 4.79 Å². The fourth-order valence-corrected chi connectivity index (χ4v) is 2.29. The van der Waals surface area contributed by atoms with E-state index in [1.165, 1.54) is 4.90 Å². The van der Waals surface area contributed by atoms with E-state index in [2.05, 4.69) is 5.32 Å². The average molecular weight is 247 g/mol. The van der Waals surface area contributed by atoms with E-state index in [9.17, 15) is 9.59 Å². The first-order valence-corrected chi connectivity index (χ1v) is 5.95. The van der Waals surface area contributed by atoms with Crippen LogP contribution in [-0.2, 0) is 11.3 Å². The number of nitrogens with zero attached hydrogens (tertiary/aromatic N) is 1. The molecule has 0 spiro atoms. The lowest BCUT2D eigenvalue weighted by molar-refractivity contribution is -0.121. The number of primary amides is 1. The Hall–Kier alpha value is -2.04. The van der Waals surface area contributed by atoms with Gasteiger partial charge < -0.3 is 16.0 Å². The zero-order chi connectivity index (χ0) is 13.3. The number of urea groups is 1. The Balaban J connectivity index is 2.44. The molecular weight excluding hydrogens is 230 g/mol. The molecule has 0 saturated carbocycles. The molecule has 0 radical (unpaired) electrons. The van der Waals surface area contributed by atoms with Gasteiger partial charge in [0.1, 0.15) is 6.04 Å². The van der Waals surface area contributed by atoms with Crippen LogP contribution in [0.3, 0.4) is 0 Å². The minimum atomic E-state index is -0.569. The van der Waals surface area contributed by atoms with E-state index in [0.717, 1.165) is 11.3 Å². The molecule has 1 aromatic carbocycles. The molecule has 0 fully saturated rings. The third kappa shape index (κ3) is 2.16. The monoisotopic (exact) mass is 247 g/mol. The second-order valence-corrected chi connectivity index (χ2v) is 4.80. The van der Waals surface area contributed by atoms with Crippen molar-refractivity contribution < 1.29 is 9.59 Å². The number of anilines is 1. The fraction of sp³-hybridized carbons (Fsp3) is 0.385. The number of carbonyl (C=O) groups is 2. The van der Waals surface area contributed by atoms with Crippen molar-refractivity contribution >= 4 is 17.6 Å². The number of hydrogen-bond donors (Lipinski definition) is 2. The Kier molecular flexibility index (Phi) is 3.23. The number of carbonyl (C=O) groups excluding carboxylic acids is 2. The first-order chi connectivity index (χ1) is 8.50. The molecule has 1 heterocycles. The van der Waals surface area contributed by atoms with Crippen molar-refractivity contribution in [3.8, 4) is 0 Å². The Bertz CT molecular complexity index is 485. The lowest BCUT2D eigenvalue weighted by Crippen LogP contribution is -2.50. The molecule has 1 unspecified atom stereocenters. The largest absolute Gasteiger partial charge is 0.351 e. The Morgan fingerprint density at radius 3 is 2.72 bits per heavy atom. The van der Waals surface area contributed by atoms with Gasteiger partial charge in [-0.15, -0.1) is 0 Å². The predicted octanol–water partition coefficient (Wildman–Crippen LogP) is 1.54. The van der Waals surface area contributed by atoms with Crippen LogP contribution in [0.2, 0.25) is 0 Å². The average Bonchev–Trinajstić information content (AvgIpc) is 2.44. The highest BCUT2D eigenvalue weighted by molar-refractivity contribution is 5.98. The van der Waals surface area contributed by atoms with E-state index in [0.29, 0.717) is 6.54 Å². The van der Waals surface area contributed by atoms with Crippen molar-refractivity contribution in [1.82, 2.24) is 4.90 Å². The van der Waals surface area contributed by atoms with Crippen LogP contribution in [0.5, 0.6) is 0 Å². The highest BCUT2D eigenvalue weighted by Gasteiger charge is 2.34. The maximum atomic E-state index is 12.2. The maximum Gasteiger partial charge on any atom is 0.315 e. The molecule has 3 N–H and O–H groups in total. The molecule has 1 aliphatic rings. The molecule has 96 valence electrons. The molecule has 18 heavy (non-hydrogen) atoms. The van der Waals surface area contributed by atoms with Crippen LogP contribution in [0.25, 0.3) is 0 Å². The normalized spacial score (nSPS) is 19.2. The summed E-state index contributed by atoms with van der Waals surface area (Å²) in [5.74, 6) is -0.180. The Labute approximate surface area is 106 Å². The molecule has 0 bridgehead atoms. The molecule has 2 rings (SSSR count). The molecule has 1 aliphatic heterocycles. The van der Waals surface area contributed by atoms with E-state index in [-0.39, 0.29) is 11.8 Å². The number of nitrogens with two attached hydrogens (primary N) is 1. The maximum absolute atomic E-state index is 12.2. The lowest BCUT2D eigenvalue weighted by atomic mass is 10.0. The van der Waals surface area contributed by atoms with Gasteiger partial charge in [-0.05, 0) is 17.5 Å². The number of para-hydroxylation sites is 1. The standard InChI is InChI=1S/C13H17N3O2/c1-8(2)11-12(17)15-10-6-4-3-5-9(10)7-16(11)13(14)18/h3-6,8,11H,7H2,1-2H3,(H2,14,18)(H,15,17). The van der Waals surface area contributed by atoms with Crippen molar-refractivity contribution in [3.63, 3.8) is 0 Å². The molecule has 1 aromatic rings. The smallest absolute Gasteiger partial charge is 0.315 e. The number of benzene rings is 1. The van der Waals surface area contributed by atoms with Gasteiger partial charge in [0.15, 0.2) is 0 Å². The van der Waals surface area contributed by atoms with E-state index in [4.69, 9.17) is 5.73 Å². The summed E-state index contributed by atoms with van der Waals surface area (Å²) < 4.78 is 0. The van der Waals surface area contributed by atoms with Crippen molar-refractivity contribution in [2.24, 2.45) is 11.7 Å². The summed E-state index contributed by atoms with van der Waals surface area (Å²) in [5.41, 5.74) is 7.03. The van der Waals surface area contributed by atoms with Gasteiger partial charge in [-0.1, -0.05) is 32.0 Å². The Morgan fingerprint density at radius 2 is 2.11 bits per heavy atom. The van der Waals surface area contributed by atoms with E-state index < -0.39 is 12.1 Å². The second-order valence-electron chi connectivity index (χ2n) is 4.80. The fourth-order valence-electron chi connectivity index (χ4n) is 2.29. The molecular formula is C13H17N3O2. The molecule has 5 nitrogen and oxygen atoms in total. The molecule has 1 atom stereocenters. The third-order valence-corrected chi connectivity index (χ3v) is 3.13. The summed E-state index contributed by atoms with van der Waals surface area (Å²) in [6.07, 6.45) is 0. The van der Waals surface area contributed by atoms with E-state index in [1.807, 2.05) is 38.1 Å². The first kappa shape index (κ1) is 12.4. The highest BCUT2D eigenvalue weighted by atomic mass is 16.2. The quantitative estimate of drug-likeness (QED) is 0.790. The summed E-state index contributed by atoms with van der Waals surface area (Å²) in [5, 5.41) is 2.85. The number of fused-ring (bicyclic) bond motifs is 1. The van der Waals surface area contributed by atoms with E-state index >= 15 is 0 Å². The van der Waals surface area contributed by atoms with Gasteiger partial charge in [-0.2, -0.15) is 0 Å². The molecule has 3 amide bonds. The summed E-state index contributed by atoms with van der Waals surface area (Å²) in [6.45, 7) is 4.15. The van der Waals surface area contributed by atoms with Crippen molar-refractivity contribution in [1.29, 1.82) is 0 Å². The SMILES string of the molecule is CC(C)C1C(=O)Nc2ccccc2CN1C(N)=O. The Morgan fingerprint density at radius 1 is 1.44 bits per heavy atom. The number of rotatable bonds is 1. The molecule has 5 heteroatoms. The van der Waals surface area contributed by atoms with Crippen LogP contribution < -0.4 is 11.1 Å². The minimum Gasteiger partial charge on any atom is -0.351 e. The minimum absolute atomic E-state index is 0.00631. The van der Waals surface area contributed by atoms with Crippen LogP contribution >= 0.6 is 0 Å². The number of amides is 3. The van der Waals surface area contributed by atoms with Gasteiger partial charge in [0.2, 0.25) is 5.91 Å². The third-order valence-electron chi connectivity index (χ3n) is 3.13. The summed E-state index contributed by atoms with van der Waals surface area (Å²) in [7, 11) is 0. The van der Waals surface area contributed by atoms with Gasteiger partial charge >= 0.3 is 6.03 Å². The highest BCUT2D eigenvalue weighted by Crippen LogP contribution is 2.25. The number of nitrogens with one attached hydrogen (secondary N) is 1. The zero-order valence-electron chi connectivity index (χ0n) is 10.5. The van der Waals surface area contributed by atoms with Crippen LogP contribution in [0.4, 0.5) is 10.5 Å². The van der Waals surface area contributed by atoms with Gasteiger partial charge in [-0.25, -0.2) is 4.79 Å². The van der Waals surface area contributed by atoms with Crippen LogP contribution in [0.15, 0.2) is 24.3 Å². The summed E-state index contributed by atoms with van der Waals surface area (Å²) in [6, 6.07) is 6.34. The summed E-state index contributed by atoms with van der Waals surface area (Å²) >= 11 is 0. The van der Waals surface area contributed by atoms with Gasteiger partial charge in [0, 0.05) is 5.69 Å². The van der Waals surface area contributed by atoms with Crippen LogP contribution in [-0.4, -0.2) is 22.9 Å². The van der Waals surface area contributed by atoms with Crippen molar-refractivity contribution in [2.75, 3.05) is 5.32 Å². The zero-order valence-corrected chi connectivity index (χ0v) is 10.5. The van der Waals surface area contributed by atoms with Crippen molar-refractivity contribution in [2.45, 2.75) is 26.4 Å². The number of hydrogen-bond acceptors (Lipinski definition) is 2. The van der Waals surface area contributed by atoms with Crippen LogP contribution in [0.1, 0.15) is 19.4 Å². The summed E-state index contributed by atoms with van der Waals surface area (Å²) in [4.78, 5) is 25.1. The topological polar surface area (TPSA) is 75.4 Å². The van der Waals surface area contributed by atoms with Crippen LogP contribution in [0, 0.1) is 5.92 Å². The van der Waals surface area contributed by atoms with Gasteiger partial charge in [0.25, 0.3) is 0 Å². The van der Waals surface area contributed by atoms with E-state index in [1.54, 1.807) is 0 Å². The molecule has 0 aliphatic carbocycles. The second kappa shape index (κ2) is 4.68.